The zero-order valence-electron chi connectivity index (χ0n) is 27.6. The molecule has 0 saturated heterocycles. The van der Waals surface area contributed by atoms with Crippen molar-refractivity contribution in [3.8, 4) is 11.3 Å². The Morgan fingerprint density at radius 1 is 0.977 bits per heavy atom. The van der Waals surface area contributed by atoms with Crippen molar-refractivity contribution in [3.05, 3.63) is 76.7 Å². The largest absolute Gasteiger partial charge is 0.512 e. The molecule has 0 aliphatic heterocycles. The fraction of sp³-hybridized carbons (Fsp3) is 0.474. The Hall–Kier alpha value is -2.75. The molecule has 1 aliphatic rings. The van der Waals surface area contributed by atoms with E-state index >= 15 is 0 Å². The number of aliphatic hydroxyl groups excluding tert-OH is 1. The molecule has 1 radical (unpaired) electrons. The third kappa shape index (κ3) is 6.40. The number of aromatic nitrogens is 1. The van der Waals surface area contributed by atoms with Crippen LogP contribution in [0.2, 0.25) is 0 Å². The zero-order chi connectivity index (χ0) is 31.0. The van der Waals surface area contributed by atoms with Crippen LogP contribution in [-0.4, -0.2) is 15.9 Å². The molecule has 0 spiro atoms. The maximum Gasteiger partial charge on any atom is 0.162 e. The fourth-order valence-corrected chi connectivity index (χ4v) is 6.37. The zero-order valence-corrected chi connectivity index (χ0v) is 30.0. The predicted octanol–water partition coefficient (Wildman–Crippen LogP) is 10.6. The molecule has 0 amide bonds. The van der Waals surface area contributed by atoms with Gasteiger partial charge >= 0.3 is 0 Å². The van der Waals surface area contributed by atoms with Gasteiger partial charge in [-0.2, -0.15) is 0 Å². The summed E-state index contributed by atoms with van der Waals surface area (Å²) in [6.45, 7) is 21.5. The molecule has 4 aromatic rings. The van der Waals surface area contributed by atoms with Gasteiger partial charge < -0.3 is 14.5 Å². The molecule has 2 aromatic heterocycles. The van der Waals surface area contributed by atoms with Crippen LogP contribution in [0.4, 0.5) is 0 Å². The van der Waals surface area contributed by atoms with Gasteiger partial charge in [-0.05, 0) is 54.7 Å². The third-order valence-electron chi connectivity index (χ3n) is 9.15. The van der Waals surface area contributed by atoms with Gasteiger partial charge in [-0.15, -0.1) is 35.4 Å². The van der Waals surface area contributed by atoms with Gasteiger partial charge in [0.25, 0.3) is 0 Å². The maximum atomic E-state index is 11.7. The molecule has 0 atom stereocenters. The van der Waals surface area contributed by atoms with Crippen LogP contribution in [0.1, 0.15) is 110 Å². The first-order valence-corrected chi connectivity index (χ1v) is 15.6. The van der Waals surface area contributed by atoms with Gasteiger partial charge in [-0.3, -0.25) is 4.79 Å². The number of carbonyl (C=O) groups is 1. The van der Waals surface area contributed by atoms with Gasteiger partial charge in [0.05, 0.1) is 5.76 Å². The van der Waals surface area contributed by atoms with E-state index in [9.17, 15) is 9.90 Å². The number of hydrogen-bond acceptors (Lipinski definition) is 4. The minimum absolute atomic E-state index is 0. The van der Waals surface area contributed by atoms with E-state index in [-0.39, 0.29) is 54.3 Å². The number of allylic oxidation sites excluding steroid dienone is 2. The first-order chi connectivity index (χ1) is 19.8. The molecule has 1 N–H and O–H groups in total. The number of furan rings is 1. The average molecular weight is 759 g/mol. The summed E-state index contributed by atoms with van der Waals surface area (Å²) in [4.78, 5) is 16.6. The maximum absolute atomic E-state index is 11.7. The SMILES string of the molecule is CCC(CC)C(=O)/C=C(\O)C(CC)CC.Cc1cnc2c3c1oc1c(C(C)(C)C)ccc(c13)C(C)(C)c1ccc[c-]c1-2.[Ir]. The molecule has 43 heavy (non-hydrogen) atoms. The van der Waals surface area contributed by atoms with Crippen molar-refractivity contribution in [2.24, 2.45) is 11.8 Å². The second kappa shape index (κ2) is 13.5. The number of fused-ring (bicyclic) bond motifs is 2. The van der Waals surface area contributed by atoms with Crippen molar-refractivity contribution in [3.63, 3.8) is 0 Å². The minimum atomic E-state index is -0.160. The Morgan fingerprint density at radius 3 is 2.19 bits per heavy atom. The normalized spacial score (nSPS) is 14.0. The molecule has 4 nitrogen and oxygen atoms in total. The fourth-order valence-electron chi connectivity index (χ4n) is 6.37. The quantitative estimate of drug-likeness (QED) is 0.116. The average Bonchev–Trinajstić information content (AvgIpc) is 3.32. The molecule has 233 valence electrons. The van der Waals surface area contributed by atoms with Gasteiger partial charge in [-0.25, -0.2) is 0 Å². The first kappa shape index (κ1) is 34.7. The number of benzene rings is 2. The van der Waals surface area contributed by atoms with E-state index in [2.05, 4.69) is 71.9 Å². The second-order valence-corrected chi connectivity index (χ2v) is 13.3. The third-order valence-corrected chi connectivity index (χ3v) is 9.15. The Balaban J connectivity index is 0.000000274. The van der Waals surface area contributed by atoms with Crippen LogP contribution in [0.5, 0.6) is 0 Å². The van der Waals surface area contributed by atoms with Gasteiger partial charge in [0, 0.05) is 66.1 Å². The van der Waals surface area contributed by atoms with Crippen molar-refractivity contribution in [2.75, 3.05) is 0 Å². The van der Waals surface area contributed by atoms with E-state index < -0.39 is 0 Å². The van der Waals surface area contributed by atoms with E-state index in [0.717, 1.165) is 59.1 Å². The molecule has 0 unspecified atom stereocenters. The summed E-state index contributed by atoms with van der Waals surface area (Å²) in [6, 6.07) is 14.3. The van der Waals surface area contributed by atoms with Crippen LogP contribution >= 0.6 is 0 Å². The van der Waals surface area contributed by atoms with Crippen molar-refractivity contribution in [2.45, 2.75) is 106 Å². The molecule has 1 aliphatic carbocycles. The molecule has 0 bridgehead atoms. The minimum Gasteiger partial charge on any atom is -0.512 e. The van der Waals surface area contributed by atoms with Gasteiger partial charge in [0.1, 0.15) is 11.2 Å². The van der Waals surface area contributed by atoms with Gasteiger partial charge in [0.15, 0.2) is 5.78 Å². The molecule has 2 heterocycles. The summed E-state index contributed by atoms with van der Waals surface area (Å²) >= 11 is 0. The molecular formula is C38H48IrNO3-. The monoisotopic (exact) mass is 759 g/mol. The predicted molar refractivity (Wildman–Crippen MR) is 175 cm³/mol. The van der Waals surface area contributed by atoms with Crippen molar-refractivity contribution < 1.29 is 34.4 Å². The van der Waals surface area contributed by atoms with Crippen LogP contribution in [0.15, 0.2) is 52.8 Å². The summed E-state index contributed by atoms with van der Waals surface area (Å²) in [7, 11) is 0. The molecule has 0 fully saturated rings. The van der Waals surface area contributed by atoms with Crippen molar-refractivity contribution in [1.29, 1.82) is 0 Å². The summed E-state index contributed by atoms with van der Waals surface area (Å²) in [5.74, 6) is 0.547. The smallest absolute Gasteiger partial charge is 0.162 e. The number of pyridine rings is 1. The summed E-state index contributed by atoms with van der Waals surface area (Å²) in [6.07, 6.45) is 6.84. The Kier molecular flexibility index (Phi) is 10.9. The van der Waals surface area contributed by atoms with Crippen molar-refractivity contribution >= 4 is 27.7 Å². The summed E-state index contributed by atoms with van der Waals surface area (Å²) in [5, 5.41) is 12.1. The van der Waals surface area contributed by atoms with Gasteiger partial charge in [0.2, 0.25) is 0 Å². The molecule has 2 aromatic carbocycles. The number of aliphatic hydroxyl groups is 1. The first-order valence-electron chi connectivity index (χ1n) is 15.6. The molecular weight excluding hydrogens is 711 g/mol. The van der Waals surface area contributed by atoms with Crippen LogP contribution < -0.4 is 0 Å². The second-order valence-electron chi connectivity index (χ2n) is 13.3. The van der Waals surface area contributed by atoms with Crippen molar-refractivity contribution in [1.82, 2.24) is 4.98 Å². The van der Waals surface area contributed by atoms with E-state index in [1.165, 1.54) is 28.2 Å². The standard InChI is InChI=1S/C25H24NO.C13H24O2.Ir/c1-14-13-26-21-15-9-7-8-10-16(15)25(5,6)17-11-12-18(24(2,3)4)23-19(17)20(21)22(14)27-23;1-5-10(6-2)12(14)9-13(15)11(7-3)8-4;/h7-8,10-13H,1-6H3;9-11,14H,5-8H2,1-4H3;/q-1;;/b;12-9-;. The summed E-state index contributed by atoms with van der Waals surface area (Å²) < 4.78 is 6.55. The van der Waals surface area contributed by atoms with Crippen LogP contribution in [-0.2, 0) is 35.7 Å². The van der Waals surface area contributed by atoms with E-state index in [1.807, 2.05) is 40.0 Å². The van der Waals surface area contributed by atoms with E-state index in [4.69, 9.17) is 9.40 Å². The van der Waals surface area contributed by atoms with Crippen LogP contribution in [0.3, 0.4) is 0 Å². The number of aryl methyl sites for hydroxylation is 1. The number of ketones is 1. The number of hydrogen-bond donors (Lipinski definition) is 1. The number of carbonyl (C=O) groups excluding carboxylic acids is 1. The number of rotatable bonds is 7. The molecule has 5 rings (SSSR count). The Bertz CT molecular complexity index is 1630. The van der Waals surface area contributed by atoms with Crippen LogP contribution in [0, 0.1) is 24.8 Å². The Labute approximate surface area is 271 Å². The van der Waals surface area contributed by atoms with Gasteiger partial charge in [-0.1, -0.05) is 74.4 Å². The Morgan fingerprint density at radius 2 is 1.60 bits per heavy atom. The van der Waals surface area contributed by atoms with E-state index in [1.54, 1.807) is 0 Å². The molecule has 5 heteroatoms. The van der Waals surface area contributed by atoms with Crippen LogP contribution in [0.25, 0.3) is 33.2 Å². The van der Waals surface area contributed by atoms with E-state index in [0.29, 0.717) is 0 Å². The topological polar surface area (TPSA) is 63.3 Å². The molecule has 0 saturated carbocycles. The number of nitrogens with zero attached hydrogens (tertiary/aromatic N) is 1. The summed E-state index contributed by atoms with van der Waals surface area (Å²) in [5.41, 5.74) is 8.77.